The first kappa shape index (κ1) is 21.2. The zero-order valence-electron chi connectivity index (χ0n) is 19.4. The second-order valence-electron chi connectivity index (χ2n) is 11.1. The lowest BCUT2D eigenvalue weighted by Gasteiger charge is -2.39. The molecule has 1 amide bonds. The number of amides is 1. The SMILES string of the molecule is Cc1cccn2c(C(CC(=O)N3CC4(C)CC3CC(C)(C)C4)c3cccc(F)c3)cnc12. The van der Waals surface area contributed by atoms with Crippen LogP contribution in [0.2, 0.25) is 0 Å². The molecule has 32 heavy (non-hydrogen) atoms. The van der Waals surface area contributed by atoms with E-state index < -0.39 is 0 Å². The summed E-state index contributed by atoms with van der Waals surface area (Å²) in [5, 5.41) is 0. The molecule has 5 rings (SSSR count). The average molecular weight is 434 g/mol. The molecule has 3 unspecified atom stereocenters. The fraction of sp³-hybridized carbons (Fsp3) is 0.481. The molecule has 1 saturated carbocycles. The Labute approximate surface area is 189 Å². The van der Waals surface area contributed by atoms with Crippen molar-refractivity contribution in [2.24, 2.45) is 10.8 Å². The van der Waals surface area contributed by atoms with E-state index in [4.69, 9.17) is 0 Å². The fourth-order valence-corrected chi connectivity index (χ4v) is 6.59. The van der Waals surface area contributed by atoms with Crippen LogP contribution in [0, 0.1) is 23.6 Å². The average Bonchev–Trinajstić information content (AvgIpc) is 3.24. The predicted molar refractivity (Wildman–Crippen MR) is 124 cm³/mol. The lowest BCUT2D eigenvalue weighted by molar-refractivity contribution is -0.132. The van der Waals surface area contributed by atoms with Crippen LogP contribution in [0.5, 0.6) is 0 Å². The van der Waals surface area contributed by atoms with Crippen molar-refractivity contribution in [1.82, 2.24) is 14.3 Å². The summed E-state index contributed by atoms with van der Waals surface area (Å²) in [6, 6.07) is 11.0. The fourth-order valence-electron chi connectivity index (χ4n) is 6.59. The van der Waals surface area contributed by atoms with Crippen LogP contribution in [0.3, 0.4) is 0 Å². The van der Waals surface area contributed by atoms with E-state index in [9.17, 15) is 9.18 Å². The molecule has 3 aromatic rings. The van der Waals surface area contributed by atoms with Crippen LogP contribution in [0.4, 0.5) is 4.39 Å². The molecular weight excluding hydrogens is 401 g/mol. The first-order valence-electron chi connectivity index (χ1n) is 11.6. The number of fused-ring (bicyclic) bond motifs is 3. The number of carbonyl (C=O) groups excluding carboxylic acids is 1. The molecule has 1 aromatic carbocycles. The summed E-state index contributed by atoms with van der Waals surface area (Å²) in [6.07, 6.45) is 7.43. The van der Waals surface area contributed by atoms with Crippen molar-refractivity contribution in [3.8, 4) is 0 Å². The highest BCUT2D eigenvalue weighted by Crippen LogP contribution is 2.52. The molecule has 1 saturated heterocycles. The predicted octanol–water partition coefficient (Wildman–Crippen LogP) is 5.73. The van der Waals surface area contributed by atoms with Crippen LogP contribution in [0.1, 0.15) is 69.2 Å². The van der Waals surface area contributed by atoms with Crippen molar-refractivity contribution in [3.63, 3.8) is 0 Å². The molecule has 0 spiro atoms. The van der Waals surface area contributed by atoms with Gasteiger partial charge in [-0.05, 0) is 66.3 Å². The van der Waals surface area contributed by atoms with Crippen LogP contribution in [-0.2, 0) is 4.79 Å². The molecule has 1 aliphatic heterocycles. The van der Waals surface area contributed by atoms with Gasteiger partial charge in [0.1, 0.15) is 11.5 Å². The Hall–Kier alpha value is -2.69. The highest BCUT2D eigenvalue weighted by atomic mass is 19.1. The van der Waals surface area contributed by atoms with Crippen LogP contribution in [0.15, 0.2) is 48.8 Å². The van der Waals surface area contributed by atoms with E-state index in [0.29, 0.717) is 12.5 Å². The van der Waals surface area contributed by atoms with Crippen LogP contribution >= 0.6 is 0 Å². The minimum absolute atomic E-state index is 0.160. The van der Waals surface area contributed by atoms with Crippen LogP contribution in [-0.4, -0.2) is 32.8 Å². The van der Waals surface area contributed by atoms with E-state index in [0.717, 1.165) is 48.3 Å². The quantitative estimate of drug-likeness (QED) is 0.527. The van der Waals surface area contributed by atoms with Gasteiger partial charge in [0, 0.05) is 37.3 Å². The Balaban J connectivity index is 1.51. The van der Waals surface area contributed by atoms with E-state index in [-0.39, 0.29) is 28.5 Å². The summed E-state index contributed by atoms with van der Waals surface area (Å²) in [7, 11) is 0. The normalized spacial score (nSPS) is 25.3. The maximum Gasteiger partial charge on any atom is 0.223 e. The number of carbonyl (C=O) groups is 1. The van der Waals surface area contributed by atoms with Gasteiger partial charge in [-0.1, -0.05) is 39.0 Å². The largest absolute Gasteiger partial charge is 0.339 e. The number of likely N-dealkylation sites (tertiary alicyclic amines) is 1. The summed E-state index contributed by atoms with van der Waals surface area (Å²) in [5.74, 6) is -0.374. The zero-order chi connectivity index (χ0) is 22.7. The Morgan fingerprint density at radius 2 is 2.03 bits per heavy atom. The van der Waals surface area contributed by atoms with Gasteiger partial charge in [-0.2, -0.15) is 0 Å². The molecule has 2 fully saturated rings. The number of benzene rings is 1. The second kappa shape index (κ2) is 7.43. The van der Waals surface area contributed by atoms with Gasteiger partial charge in [-0.15, -0.1) is 0 Å². The minimum Gasteiger partial charge on any atom is -0.339 e. The Morgan fingerprint density at radius 1 is 1.22 bits per heavy atom. The molecule has 168 valence electrons. The highest BCUT2D eigenvalue weighted by molar-refractivity contribution is 5.78. The lowest BCUT2D eigenvalue weighted by Crippen LogP contribution is -2.38. The van der Waals surface area contributed by atoms with Crippen molar-refractivity contribution >= 4 is 11.6 Å². The zero-order valence-corrected chi connectivity index (χ0v) is 19.4. The van der Waals surface area contributed by atoms with Crippen LogP contribution in [0.25, 0.3) is 5.65 Å². The van der Waals surface area contributed by atoms with Gasteiger partial charge in [0.05, 0.1) is 5.69 Å². The van der Waals surface area contributed by atoms with Gasteiger partial charge < -0.3 is 9.30 Å². The van der Waals surface area contributed by atoms with E-state index in [1.165, 1.54) is 6.07 Å². The molecular formula is C27H32FN3O. The third-order valence-electron chi connectivity index (χ3n) is 7.48. The molecule has 4 nitrogen and oxygen atoms in total. The number of halogens is 1. The summed E-state index contributed by atoms with van der Waals surface area (Å²) in [6.45, 7) is 9.82. The van der Waals surface area contributed by atoms with E-state index >= 15 is 0 Å². The maximum atomic E-state index is 14.2. The van der Waals surface area contributed by atoms with Crippen molar-refractivity contribution in [1.29, 1.82) is 0 Å². The Morgan fingerprint density at radius 3 is 2.81 bits per heavy atom. The van der Waals surface area contributed by atoms with Gasteiger partial charge in [-0.3, -0.25) is 4.79 Å². The Kier molecular flexibility index (Phi) is 4.92. The summed E-state index contributed by atoms with van der Waals surface area (Å²) in [5.41, 5.74) is 4.14. The molecule has 1 aliphatic carbocycles. The molecule has 0 N–H and O–H groups in total. The van der Waals surface area contributed by atoms with E-state index in [2.05, 4.69) is 30.7 Å². The highest BCUT2D eigenvalue weighted by Gasteiger charge is 2.51. The molecule has 2 aromatic heterocycles. The second-order valence-corrected chi connectivity index (χ2v) is 11.1. The maximum absolute atomic E-state index is 14.2. The first-order valence-corrected chi connectivity index (χ1v) is 11.6. The summed E-state index contributed by atoms with van der Waals surface area (Å²) < 4.78 is 16.2. The number of hydrogen-bond acceptors (Lipinski definition) is 2. The summed E-state index contributed by atoms with van der Waals surface area (Å²) >= 11 is 0. The Bertz CT molecular complexity index is 1180. The van der Waals surface area contributed by atoms with Gasteiger partial charge >= 0.3 is 0 Å². The number of pyridine rings is 1. The monoisotopic (exact) mass is 433 g/mol. The van der Waals surface area contributed by atoms with Crippen molar-refractivity contribution in [2.45, 2.75) is 65.3 Å². The van der Waals surface area contributed by atoms with Crippen molar-refractivity contribution in [2.75, 3.05) is 6.54 Å². The first-order chi connectivity index (χ1) is 15.1. The number of aromatic nitrogens is 2. The molecule has 3 heterocycles. The number of rotatable bonds is 4. The standard InChI is InChI=1S/C27H32FN3O/c1-18-7-6-10-30-23(15-29-25(18)30)22(19-8-5-9-20(28)11-19)12-24(32)31-17-27(4)14-21(31)13-26(2,3)16-27/h5-11,15,21-22H,12-14,16-17H2,1-4H3. The van der Waals surface area contributed by atoms with Crippen molar-refractivity contribution in [3.05, 3.63) is 71.4 Å². The molecule has 2 bridgehead atoms. The minimum atomic E-state index is -0.281. The topological polar surface area (TPSA) is 37.6 Å². The number of hydrogen-bond donors (Lipinski definition) is 0. The van der Waals surface area contributed by atoms with E-state index in [1.54, 1.807) is 12.1 Å². The van der Waals surface area contributed by atoms with Gasteiger partial charge in [-0.25, -0.2) is 9.37 Å². The molecule has 2 aliphatic rings. The molecule has 3 atom stereocenters. The third kappa shape index (κ3) is 3.72. The van der Waals surface area contributed by atoms with E-state index in [1.807, 2.05) is 41.9 Å². The lowest BCUT2D eigenvalue weighted by atomic mass is 9.65. The summed E-state index contributed by atoms with van der Waals surface area (Å²) in [4.78, 5) is 20.5. The smallest absolute Gasteiger partial charge is 0.223 e. The van der Waals surface area contributed by atoms with Crippen molar-refractivity contribution < 1.29 is 9.18 Å². The number of imidazole rings is 1. The van der Waals surface area contributed by atoms with Gasteiger partial charge in [0.25, 0.3) is 0 Å². The number of nitrogens with zero attached hydrogens (tertiary/aromatic N) is 3. The van der Waals surface area contributed by atoms with Crippen LogP contribution < -0.4 is 0 Å². The third-order valence-corrected chi connectivity index (χ3v) is 7.48. The molecule has 0 radical (unpaired) electrons. The van der Waals surface area contributed by atoms with Gasteiger partial charge in [0.15, 0.2) is 0 Å². The number of aryl methyl sites for hydroxylation is 1. The van der Waals surface area contributed by atoms with Gasteiger partial charge in [0.2, 0.25) is 5.91 Å². The molecule has 5 heteroatoms.